The summed E-state index contributed by atoms with van der Waals surface area (Å²) in [5.41, 5.74) is 0.893. The molecule has 100 valence electrons. The van der Waals surface area contributed by atoms with Crippen molar-refractivity contribution in [1.82, 2.24) is 9.78 Å². The van der Waals surface area contributed by atoms with E-state index in [2.05, 4.69) is 39.8 Å². The van der Waals surface area contributed by atoms with Crippen molar-refractivity contribution in [2.45, 2.75) is 33.7 Å². The molecule has 0 aliphatic carbocycles. The molecule has 0 unspecified atom stereocenters. The van der Waals surface area contributed by atoms with Crippen molar-refractivity contribution in [1.29, 1.82) is 0 Å². The Balaban J connectivity index is 2.34. The second-order valence-corrected chi connectivity index (χ2v) is 6.11. The summed E-state index contributed by atoms with van der Waals surface area (Å²) < 4.78 is 2.12. The molecule has 0 N–H and O–H groups in total. The predicted molar refractivity (Wildman–Crippen MR) is 77.0 cm³/mol. The number of hydrogen-bond donors (Lipinski definition) is 0. The fourth-order valence-electron chi connectivity index (χ4n) is 2.76. The standard InChI is InChI=1S/C13H20BrN3O/c1-4-17-13(18)12(14)11(6-15-17)16-7-9(2)5-10(3)8-16/h6,9-10H,4-5,7-8H2,1-3H3/t9-,10+. The average molecular weight is 314 g/mol. The minimum atomic E-state index is -0.0409. The van der Waals surface area contributed by atoms with Crippen LogP contribution in [0.15, 0.2) is 15.5 Å². The first kappa shape index (κ1) is 13.6. The smallest absolute Gasteiger partial charge is 0.283 e. The lowest BCUT2D eigenvalue weighted by Gasteiger charge is -2.36. The zero-order chi connectivity index (χ0) is 13.3. The first-order valence-electron chi connectivity index (χ1n) is 6.53. The molecule has 1 aromatic heterocycles. The Morgan fingerprint density at radius 3 is 2.56 bits per heavy atom. The first-order chi connectivity index (χ1) is 8.52. The molecule has 2 heterocycles. The largest absolute Gasteiger partial charge is 0.369 e. The van der Waals surface area contributed by atoms with Crippen molar-refractivity contribution in [2.75, 3.05) is 18.0 Å². The van der Waals surface area contributed by atoms with Crippen LogP contribution in [-0.4, -0.2) is 22.9 Å². The topological polar surface area (TPSA) is 38.1 Å². The second kappa shape index (κ2) is 5.43. The molecule has 0 radical (unpaired) electrons. The van der Waals surface area contributed by atoms with Gasteiger partial charge in [-0.05, 0) is 41.1 Å². The van der Waals surface area contributed by atoms with Crippen LogP contribution in [0.4, 0.5) is 5.69 Å². The lowest BCUT2D eigenvalue weighted by Crippen LogP contribution is -2.40. The van der Waals surface area contributed by atoms with Crippen LogP contribution in [-0.2, 0) is 6.54 Å². The van der Waals surface area contributed by atoms with Crippen LogP contribution in [0, 0.1) is 11.8 Å². The van der Waals surface area contributed by atoms with Gasteiger partial charge in [-0.2, -0.15) is 5.10 Å². The van der Waals surface area contributed by atoms with Crippen LogP contribution >= 0.6 is 15.9 Å². The van der Waals surface area contributed by atoms with Crippen LogP contribution in [0.5, 0.6) is 0 Å². The number of halogens is 1. The van der Waals surface area contributed by atoms with Gasteiger partial charge in [-0.3, -0.25) is 4.79 Å². The van der Waals surface area contributed by atoms with Crippen LogP contribution in [0.3, 0.4) is 0 Å². The van der Waals surface area contributed by atoms with Crippen molar-refractivity contribution in [2.24, 2.45) is 11.8 Å². The van der Waals surface area contributed by atoms with E-state index in [4.69, 9.17) is 0 Å². The molecule has 2 atom stereocenters. The molecule has 0 bridgehead atoms. The highest BCUT2D eigenvalue weighted by Gasteiger charge is 2.24. The summed E-state index contributed by atoms with van der Waals surface area (Å²) in [4.78, 5) is 14.3. The van der Waals surface area contributed by atoms with Gasteiger partial charge in [0, 0.05) is 19.6 Å². The second-order valence-electron chi connectivity index (χ2n) is 5.32. The minimum absolute atomic E-state index is 0.0409. The Morgan fingerprint density at radius 2 is 2.00 bits per heavy atom. The molecule has 0 amide bonds. The van der Waals surface area contributed by atoms with E-state index in [9.17, 15) is 4.79 Å². The Bertz CT molecular complexity index is 476. The van der Waals surface area contributed by atoms with Gasteiger partial charge in [-0.1, -0.05) is 13.8 Å². The van der Waals surface area contributed by atoms with Gasteiger partial charge >= 0.3 is 0 Å². The Kier molecular flexibility index (Phi) is 4.10. The van der Waals surface area contributed by atoms with Gasteiger partial charge in [0.15, 0.2) is 0 Å². The van der Waals surface area contributed by atoms with Crippen LogP contribution in [0.1, 0.15) is 27.2 Å². The Hall–Kier alpha value is -0.840. The maximum atomic E-state index is 12.1. The highest BCUT2D eigenvalue weighted by molar-refractivity contribution is 9.10. The summed E-state index contributed by atoms with van der Waals surface area (Å²) in [5, 5.41) is 4.22. The molecular weight excluding hydrogens is 294 g/mol. The predicted octanol–water partition coefficient (Wildman–Crippen LogP) is 2.51. The quantitative estimate of drug-likeness (QED) is 0.842. The number of aryl methyl sites for hydroxylation is 1. The third-order valence-corrected chi connectivity index (χ3v) is 4.22. The summed E-state index contributed by atoms with van der Waals surface area (Å²) in [6.07, 6.45) is 3.06. The molecule has 1 saturated heterocycles. The lowest BCUT2D eigenvalue weighted by atomic mass is 9.92. The molecule has 4 nitrogen and oxygen atoms in total. The Morgan fingerprint density at radius 1 is 1.39 bits per heavy atom. The number of piperidine rings is 1. The third-order valence-electron chi connectivity index (χ3n) is 3.48. The van der Waals surface area contributed by atoms with Gasteiger partial charge in [0.05, 0.1) is 11.9 Å². The zero-order valence-corrected chi connectivity index (χ0v) is 12.8. The highest BCUT2D eigenvalue weighted by atomic mass is 79.9. The van der Waals surface area contributed by atoms with Gasteiger partial charge in [0.25, 0.3) is 5.56 Å². The van der Waals surface area contributed by atoms with Crippen molar-refractivity contribution in [3.05, 3.63) is 21.0 Å². The van der Waals surface area contributed by atoms with E-state index in [1.54, 1.807) is 6.20 Å². The monoisotopic (exact) mass is 313 g/mol. The molecular formula is C13H20BrN3O. The number of aromatic nitrogens is 2. The number of hydrogen-bond acceptors (Lipinski definition) is 3. The summed E-state index contributed by atoms with van der Waals surface area (Å²) in [7, 11) is 0. The van der Waals surface area contributed by atoms with E-state index in [1.807, 2.05) is 6.92 Å². The van der Waals surface area contributed by atoms with Crippen LogP contribution in [0.25, 0.3) is 0 Å². The Labute approximate surface area is 116 Å². The SMILES string of the molecule is CCn1ncc(N2C[C@H](C)C[C@H](C)C2)c(Br)c1=O. The molecule has 5 heteroatoms. The van der Waals surface area contributed by atoms with Gasteiger partial charge < -0.3 is 4.90 Å². The van der Waals surface area contributed by atoms with Gasteiger partial charge in [-0.25, -0.2) is 4.68 Å². The molecule has 18 heavy (non-hydrogen) atoms. The summed E-state index contributed by atoms with van der Waals surface area (Å²) in [6, 6.07) is 0. The third kappa shape index (κ3) is 2.60. The van der Waals surface area contributed by atoms with E-state index in [-0.39, 0.29) is 5.56 Å². The highest BCUT2D eigenvalue weighted by Crippen LogP contribution is 2.29. The van der Waals surface area contributed by atoms with E-state index in [0.29, 0.717) is 22.9 Å². The first-order valence-corrected chi connectivity index (χ1v) is 7.32. The number of rotatable bonds is 2. The fraction of sp³-hybridized carbons (Fsp3) is 0.692. The van der Waals surface area contributed by atoms with Crippen molar-refractivity contribution >= 4 is 21.6 Å². The van der Waals surface area contributed by atoms with E-state index in [0.717, 1.165) is 18.8 Å². The summed E-state index contributed by atoms with van der Waals surface area (Å²) in [6.45, 7) is 9.05. The van der Waals surface area contributed by atoms with Gasteiger partial charge in [0.2, 0.25) is 0 Å². The maximum Gasteiger partial charge on any atom is 0.283 e. The molecule has 1 fully saturated rings. The molecule has 1 aliphatic heterocycles. The zero-order valence-electron chi connectivity index (χ0n) is 11.2. The molecule has 0 aromatic carbocycles. The average Bonchev–Trinajstić information content (AvgIpc) is 2.31. The van der Waals surface area contributed by atoms with Gasteiger partial charge in [-0.15, -0.1) is 0 Å². The number of nitrogens with zero attached hydrogens (tertiary/aromatic N) is 3. The fourth-order valence-corrected chi connectivity index (χ4v) is 3.32. The van der Waals surface area contributed by atoms with Crippen LogP contribution < -0.4 is 10.5 Å². The van der Waals surface area contributed by atoms with Gasteiger partial charge in [0.1, 0.15) is 4.47 Å². The molecule has 0 saturated carbocycles. The summed E-state index contributed by atoms with van der Waals surface area (Å²) in [5.74, 6) is 1.32. The minimum Gasteiger partial charge on any atom is -0.369 e. The van der Waals surface area contributed by atoms with Crippen molar-refractivity contribution in [3.63, 3.8) is 0 Å². The molecule has 2 rings (SSSR count). The van der Waals surface area contributed by atoms with E-state index in [1.165, 1.54) is 11.1 Å². The van der Waals surface area contributed by atoms with Crippen molar-refractivity contribution in [3.8, 4) is 0 Å². The molecule has 1 aromatic rings. The van der Waals surface area contributed by atoms with E-state index < -0.39 is 0 Å². The normalized spacial score (nSPS) is 24.3. The lowest BCUT2D eigenvalue weighted by molar-refractivity contribution is 0.356. The molecule has 0 spiro atoms. The molecule has 1 aliphatic rings. The van der Waals surface area contributed by atoms with Crippen molar-refractivity contribution < 1.29 is 0 Å². The van der Waals surface area contributed by atoms with Crippen LogP contribution in [0.2, 0.25) is 0 Å². The van der Waals surface area contributed by atoms with E-state index >= 15 is 0 Å². The summed E-state index contributed by atoms with van der Waals surface area (Å²) >= 11 is 3.43. The maximum absolute atomic E-state index is 12.1. The number of anilines is 1.